The molecule has 3 heterocycles. The zero-order chi connectivity index (χ0) is 16.1. The van der Waals surface area contributed by atoms with Gasteiger partial charge in [-0.2, -0.15) is 10.1 Å². The molecule has 0 saturated carbocycles. The Kier molecular flexibility index (Phi) is 4.65. The third-order valence-corrected chi connectivity index (χ3v) is 3.57. The second-order valence-electron chi connectivity index (χ2n) is 5.20. The third-order valence-electron chi connectivity index (χ3n) is 3.57. The molecule has 0 bridgehead atoms. The number of hydrogen-bond donors (Lipinski definition) is 0. The highest BCUT2D eigenvalue weighted by molar-refractivity contribution is 5.76. The predicted octanol–water partition coefficient (Wildman–Crippen LogP) is 0.147. The van der Waals surface area contributed by atoms with Crippen molar-refractivity contribution in [1.82, 2.24) is 29.6 Å². The zero-order valence-electron chi connectivity index (χ0n) is 12.8. The monoisotopic (exact) mass is 318 g/mol. The van der Waals surface area contributed by atoms with Crippen LogP contribution < -0.4 is 9.47 Å². The molecule has 2 aromatic heterocycles. The maximum atomic E-state index is 12.3. The van der Waals surface area contributed by atoms with Crippen molar-refractivity contribution in [2.24, 2.45) is 0 Å². The number of rotatable bonds is 5. The summed E-state index contributed by atoms with van der Waals surface area (Å²) in [6.45, 7) is 1.44. The number of aromatic nitrogens is 5. The fourth-order valence-electron chi connectivity index (χ4n) is 2.47. The van der Waals surface area contributed by atoms with Gasteiger partial charge in [0.15, 0.2) is 0 Å². The highest BCUT2D eigenvalue weighted by Crippen LogP contribution is 2.18. The van der Waals surface area contributed by atoms with Crippen LogP contribution in [0.25, 0.3) is 0 Å². The van der Waals surface area contributed by atoms with Crippen LogP contribution in [-0.4, -0.2) is 61.8 Å². The first-order valence-corrected chi connectivity index (χ1v) is 7.38. The van der Waals surface area contributed by atoms with E-state index in [2.05, 4.69) is 20.1 Å². The van der Waals surface area contributed by atoms with Gasteiger partial charge in [-0.05, 0) is 12.8 Å². The highest BCUT2D eigenvalue weighted by atomic mass is 16.5. The first kappa shape index (κ1) is 15.2. The van der Waals surface area contributed by atoms with Gasteiger partial charge in [-0.3, -0.25) is 4.79 Å². The molecule has 0 aromatic carbocycles. The van der Waals surface area contributed by atoms with E-state index < -0.39 is 0 Å². The van der Waals surface area contributed by atoms with E-state index in [1.54, 1.807) is 17.2 Å². The summed E-state index contributed by atoms with van der Waals surface area (Å²) >= 11 is 0. The Morgan fingerprint density at radius 3 is 3.17 bits per heavy atom. The molecule has 1 aliphatic heterocycles. The summed E-state index contributed by atoms with van der Waals surface area (Å²) in [5, 5.41) is 3.95. The van der Waals surface area contributed by atoms with E-state index in [1.165, 1.54) is 24.4 Å². The van der Waals surface area contributed by atoms with Gasteiger partial charge in [0.05, 0.1) is 13.7 Å². The summed E-state index contributed by atoms with van der Waals surface area (Å²) in [7, 11) is 1.50. The second-order valence-corrected chi connectivity index (χ2v) is 5.20. The number of likely N-dealkylation sites (tertiary alicyclic amines) is 1. The Morgan fingerprint density at radius 1 is 1.48 bits per heavy atom. The van der Waals surface area contributed by atoms with Gasteiger partial charge in [0, 0.05) is 18.8 Å². The van der Waals surface area contributed by atoms with Gasteiger partial charge in [0.25, 0.3) is 0 Å². The van der Waals surface area contributed by atoms with Crippen molar-refractivity contribution in [2.45, 2.75) is 25.5 Å². The average Bonchev–Trinajstić information content (AvgIpc) is 3.08. The van der Waals surface area contributed by atoms with Gasteiger partial charge >= 0.3 is 6.01 Å². The largest absolute Gasteiger partial charge is 0.472 e. The van der Waals surface area contributed by atoms with E-state index in [-0.39, 0.29) is 24.6 Å². The number of methoxy groups -OCH3 is 1. The van der Waals surface area contributed by atoms with Crippen LogP contribution in [0.5, 0.6) is 11.9 Å². The smallest absolute Gasteiger partial charge is 0.319 e. The minimum atomic E-state index is -0.0944. The van der Waals surface area contributed by atoms with Crippen LogP contribution in [-0.2, 0) is 11.3 Å². The van der Waals surface area contributed by atoms with Crippen molar-refractivity contribution in [3.05, 3.63) is 24.9 Å². The molecule has 1 amide bonds. The Hall–Kier alpha value is -2.71. The first-order valence-electron chi connectivity index (χ1n) is 7.38. The number of nitrogens with zero attached hydrogens (tertiary/aromatic N) is 6. The summed E-state index contributed by atoms with van der Waals surface area (Å²) < 4.78 is 12.3. The van der Waals surface area contributed by atoms with E-state index >= 15 is 0 Å². The van der Waals surface area contributed by atoms with Gasteiger partial charge in [0.1, 0.15) is 25.3 Å². The normalized spacial score (nSPS) is 17.8. The number of piperidine rings is 1. The number of ether oxygens (including phenoxy) is 2. The minimum Gasteiger partial charge on any atom is -0.472 e. The molecular formula is C14H18N6O3. The van der Waals surface area contributed by atoms with Crippen LogP contribution in [0, 0.1) is 0 Å². The van der Waals surface area contributed by atoms with Crippen molar-refractivity contribution in [1.29, 1.82) is 0 Å². The molecule has 1 saturated heterocycles. The minimum absolute atomic E-state index is 0.00377. The molecule has 1 unspecified atom stereocenters. The van der Waals surface area contributed by atoms with Gasteiger partial charge in [-0.1, -0.05) is 0 Å². The van der Waals surface area contributed by atoms with Crippen LogP contribution in [0.2, 0.25) is 0 Å². The molecule has 0 N–H and O–H groups in total. The topological polar surface area (TPSA) is 95.3 Å². The van der Waals surface area contributed by atoms with E-state index in [9.17, 15) is 4.79 Å². The Bertz CT molecular complexity index is 648. The summed E-state index contributed by atoms with van der Waals surface area (Å²) in [5.74, 6) is 0.455. The van der Waals surface area contributed by atoms with Crippen LogP contribution in [0.3, 0.4) is 0 Å². The van der Waals surface area contributed by atoms with Crippen LogP contribution in [0.15, 0.2) is 24.9 Å². The maximum absolute atomic E-state index is 12.3. The molecule has 0 radical (unpaired) electrons. The molecule has 1 fully saturated rings. The lowest BCUT2D eigenvalue weighted by atomic mass is 10.1. The van der Waals surface area contributed by atoms with Crippen molar-refractivity contribution in [3.63, 3.8) is 0 Å². The number of amides is 1. The van der Waals surface area contributed by atoms with E-state index in [0.29, 0.717) is 12.4 Å². The van der Waals surface area contributed by atoms with Crippen LogP contribution in [0.4, 0.5) is 0 Å². The first-order chi connectivity index (χ1) is 11.2. The SMILES string of the molecule is COc1nccc(OC2CCCN(C(=O)Cn3cncn3)C2)n1. The predicted molar refractivity (Wildman–Crippen MR) is 78.8 cm³/mol. The van der Waals surface area contributed by atoms with Gasteiger partial charge in [0.2, 0.25) is 11.8 Å². The number of hydrogen-bond acceptors (Lipinski definition) is 7. The molecule has 1 aliphatic rings. The van der Waals surface area contributed by atoms with Crippen LogP contribution >= 0.6 is 0 Å². The maximum Gasteiger partial charge on any atom is 0.319 e. The van der Waals surface area contributed by atoms with Gasteiger partial charge in [-0.25, -0.2) is 14.6 Å². The molecule has 0 aliphatic carbocycles. The third kappa shape index (κ3) is 3.93. The van der Waals surface area contributed by atoms with Crippen molar-refractivity contribution in [2.75, 3.05) is 20.2 Å². The lowest BCUT2D eigenvalue weighted by molar-refractivity contribution is -0.134. The van der Waals surface area contributed by atoms with E-state index in [1.807, 2.05) is 0 Å². The Morgan fingerprint density at radius 2 is 2.39 bits per heavy atom. The summed E-state index contributed by atoms with van der Waals surface area (Å²) in [5.41, 5.74) is 0. The molecule has 9 heteroatoms. The molecule has 2 aromatic rings. The highest BCUT2D eigenvalue weighted by Gasteiger charge is 2.25. The lowest BCUT2D eigenvalue weighted by Crippen LogP contribution is -2.45. The number of carbonyl (C=O) groups is 1. The summed E-state index contributed by atoms with van der Waals surface area (Å²) in [6, 6.07) is 1.94. The molecule has 23 heavy (non-hydrogen) atoms. The van der Waals surface area contributed by atoms with Crippen molar-refractivity contribution >= 4 is 5.91 Å². The average molecular weight is 318 g/mol. The Balaban J connectivity index is 1.58. The van der Waals surface area contributed by atoms with Crippen molar-refractivity contribution < 1.29 is 14.3 Å². The quantitative estimate of drug-likeness (QED) is 0.774. The van der Waals surface area contributed by atoms with Gasteiger partial charge in [-0.15, -0.1) is 0 Å². The fraction of sp³-hybridized carbons (Fsp3) is 0.500. The molecule has 9 nitrogen and oxygen atoms in total. The Labute approximate surface area is 133 Å². The molecule has 1 atom stereocenters. The summed E-state index contributed by atoms with van der Waals surface area (Å²) in [6.07, 6.45) is 6.19. The molecule has 122 valence electrons. The van der Waals surface area contributed by atoms with E-state index in [4.69, 9.17) is 9.47 Å². The standard InChI is InChI=1S/C14H18N6O3/c1-22-14-16-5-4-12(18-14)23-11-3-2-6-19(7-11)13(21)8-20-10-15-9-17-20/h4-5,9-11H,2-3,6-8H2,1H3. The second kappa shape index (κ2) is 7.03. The van der Waals surface area contributed by atoms with Gasteiger partial charge < -0.3 is 14.4 Å². The fourth-order valence-corrected chi connectivity index (χ4v) is 2.47. The number of carbonyl (C=O) groups excluding carboxylic acids is 1. The zero-order valence-corrected chi connectivity index (χ0v) is 12.8. The van der Waals surface area contributed by atoms with Crippen molar-refractivity contribution in [3.8, 4) is 11.9 Å². The summed E-state index contributed by atoms with van der Waals surface area (Å²) in [4.78, 5) is 26.0. The molecule has 3 rings (SSSR count). The van der Waals surface area contributed by atoms with Crippen LogP contribution in [0.1, 0.15) is 12.8 Å². The lowest BCUT2D eigenvalue weighted by Gasteiger charge is -2.32. The van der Waals surface area contributed by atoms with E-state index in [0.717, 1.165) is 19.4 Å². The molecule has 0 spiro atoms. The molecular weight excluding hydrogens is 300 g/mol.